The first-order valence-corrected chi connectivity index (χ1v) is 11.2. The van der Waals surface area contributed by atoms with Gasteiger partial charge in [0.1, 0.15) is 12.4 Å². The molecule has 7 nitrogen and oxygen atoms in total. The molecule has 1 heterocycles. The highest BCUT2D eigenvalue weighted by molar-refractivity contribution is 8.27. The van der Waals surface area contributed by atoms with Gasteiger partial charge in [-0.1, -0.05) is 42.2 Å². The molecule has 1 saturated heterocycles. The first kappa shape index (κ1) is 23.4. The molecule has 0 radical (unpaired) electrons. The molecule has 1 aliphatic rings. The third kappa shape index (κ3) is 5.08. The fourth-order valence-electron chi connectivity index (χ4n) is 3.20. The molecule has 0 aromatic heterocycles. The van der Waals surface area contributed by atoms with Gasteiger partial charge in [0.2, 0.25) is 0 Å². The van der Waals surface area contributed by atoms with Crippen LogP contribution in [-0.2, 0) is 11.4 Å². The zero-order valence-corrected chi connectivity index (χ0v) is 19.4. The third-order valence-electron chi connectivity index (χ3n) is 4.91. The molecule has 0 atom stereocenters. The van der Waals surface area contributed by atoms with Gasteiger partial charge in [-0.25, -0.2) is 4.39 Å². The number of carbonyl (C=O) groups excluding carboxylic acids is 1. The molecule has 0 aliphatic carbocycles. The van der Waals surface area contributed by atoms with Gasteiger partial charge >= 0.3 is 0 Å². The Labute approximate surface area is 203 Å². The number of hydrogen-bond donors (Lipinski definition) is 0. The van der Waals surface area contributed by atoms with Gasteiger partial charge < -0.3 is 9.47 Å². The second-order valence-corrected chi connectivity index (χ2v) is 8.79. The Morgan fingerprint density at radius 3 is 2.44 bits per heavy atom. The van der Waals surface area contributed by atoms with Crippen molar-refractivity contribution in [3.63, 3.8) is 0 Å². The Bertz CT molecular complexity index is 1290. The Hall–Kier alpha value is -3.76. The molecule has 1 amide bonds. The van der Waals surface area contributed by atoms with E-state index in [1.54, 1.807) is 36.4 Å². The number of methoxy groups -OCH3 is 1. The molecule has 10 heteroatoms. The van der Waals surface area contributed by atoms with Gasteiger partial charge in [-0.3, -0.25) is 19.8 Å². The standard InChI is InChI=1S/C24H17FN2O5S2/c1-31-21-12-16(4-11-20(21)32-14-15-2-5-17(25)6-3-15)13-22-23(28)26(24(33)34-22)18-7-9-19(10-8-18)27(29)30/h2-13H,14H2,1H3/b22-13+. The molecule has 0 unspecified atom stereocenters. The summed E-state index contributed by atoms with van der Waals surface area (Å²) in [6.45, 7) is 0.240. The quantitative estimate of drug-likeness (QED) is 0.179. The summed E-state index contributed by atoms with van der Waals surface area (Å²) in [5.74, 6) is 0.341. The lowest BCUT2D eigenvalue weighted by atomic mass is 10.1. The highest BCUT2D eigenvalue weighted by Crippen LogP contribution is 2.37. The van der Waals surface area contributed by atoms with Gasteiger partial charge in [0, 0.05) is 12.1 Å². The Morgan fingerprint density at radius 1 is 1.09 bits per heavy atom. The topological polar surface area (TPSA) is 81.9 Å². The highest BCUT2D eigenvalue weighted by Gasteiger charge is 2.33. The van der Waals surface area contributed by atoms with Gasteiger partial charge in [0.05, 0.1) is 22.6 Å². The monoisotopic (exact) mass is 496 g/mol. The molecule has 0 bridgehead atoms. The first-order chi connectivity index (χ1) is 16.4. The summed E-state index contributed by atoms with van der Waals surface area (Å²) >= 11 is 6.50. The summed E-state index contributed by atoms with van der Waals surface area (Å²) in [4.78, 5) is 25.1. The Morgan fingerprint density at radius 2 is 1.79 bits per heavy atom. The van der Waals surface area contributed by atoms with E-state index in [9.17, 15) is 19.3 Å². The average molecular weight is 497 g/mol. The summed E-state index contributed by atoms with van der Waals surface area (Å²) in [7, 11) is 1.51. The summed E-state index contributed by atoms with van der Waals surface area (Å²) in [6, 6.07) is 16.9. The minimum atomic E-state index is -0.506. The fourth-order valence-corrected chi connectivity index (χ4v) is 4.50. The van der Waals surface area contributed by atoms with Gasteiger partial charge in [-0.05, 0) is 53.6 Å². The summed E-state index contributed by atoms with van der Waals surface area (Å²) in [5.41, 5.74) is 1.90. The lowest BCUT2D eigenvalue weighted by Gasteiger charge is -2.14. The number of amides is 1. The van der Waals surface area contributed by atoms with Crippen LogP contribution >= 0.6 is 24.0 Å². The average Bonchev–Trinajstić information content (AvgIpc) is 3.11. The molecule has 1 fully saturated rings. The van der Waals surface area contributed by atoms with Crippen molar-refractivity contribution in [1.29, 1.82) is 0 Å². The van der Waals surface area contributed by atoms with Crippen LogP contribution in [0.3, 0.4) is 0 Å². The van der Waals surface area contributed by atoms with Crippen LogP contribution in [0.25, 0.3) is 6.08 Å². The maximum atomic E-state index is 13.1. The molecular formula is C24H17FN2O5S2. The number of carbonyl (C=O) groups is 1. The minimum Gasteiger partial charge on any atom is -0.493 e. The molecule has 3 aromatic rings. The van der Waals surface area contributed by atoms with Crippen molar-refractivity contribution in [2.45, 2.75) is 6.61 Å². The van der Waals surface area contributed by atoms with Crippen LogP contribution < -0.4 is 14.4 Å². The smallest absolute Gasteiger partial charge is 0.270 e. The number of nitrogens with zero attached hydrogens (tertiary/aromatic N) is 2. The van der Waals surface area contributed by atoms with E-state index < -0.39 is 4.92 Å². The van der Waals surface area contributed by atoms with Crippen molar-refractivity contribution < 1.29 is 23.6 Å². The minimum absolute atomic E-state index is 0.0708. The van der Waals surface area contributed by atoms with Gasteiger partial charge in [-0.2, -0.15) is 0 Å². The van der Waals surface area contributed by atoms with E-state index in [2.05, 4.69) is 0 Å². The van der Waals surface area contributed by atoms with Crippen LogP contribution in [0, 0.1) is 15.9 Å². The van der Waals surface area contributed by atoms with Crippen molar-refractivity contribution in [1.82, 2.24) is 0 Å². The van der Waals surface area contributed by atoms with E-state index in [0.717, 1.165) is 17.3 Å². The molecule has 0 saturated carbocycles. The molecule has 0 spiro atoms. The molecule has 0 N–H and O–H groups in total. The normalized spacial score (nSPS) is 14.5. The van der Waals surface area contributed by atoms with E-state index in [4.69, 9.17) is 21.7 Å². The predicted molar refractivity (Wildman–Crippen MR) is 132 cm³/mol. The number of thiocarbonyl (C=S) groups is 1. The van der Waals surface area contributed by atoms with E-state index in [1.807, 2.05) is 0 Å². The fraction of sp³-hybridized carbons (Fsp3) is 0.0833. The van der Waals surface area contributed by atoms with Gasteiger partial charge in [0.25, 0.3) is 11.6 Å². The van der Waals surface area contributed by atoms with Crippen LogP contribution in [0.1, 0.15) is 11.1 Å². The number of halogens is 1. The van der Waals surface area contributed by atoms with Crippen LogP contribution in [0.2, 0.25) is 0 Å². The van der Waals surface area contributed by atoms with Crippen molar-refractivity contribution in [2.24, 2.45) is 0 Å². The molecule has 4 rings (SSSR count). The number of rotatable bonds is 7. The summed E-state index contributed by atoms with van der Waals surface area (Å²) in [5, 5.41) is 10.9. The molecule has 1 aliphatic heterocycles. The maximum absolute atomic E-state index is 13.1. The molecule has 3 aromatic carbocycles. The molecular weight excluding hydrogens is 479 g/mol. The predicted octanol–water partition coefficient (Wildman–Crippen LogP) is 5.73. The number of anilines is 1. The van der Waals surface area contributed by atoms with Gasteiger partial charge in [0.15, 0.2) is 15.8 Å². The largest absolute Gasteiger partial charge is 0.493 e. The number of ether oxygens (including phenoxy) is 2. The zero-order chi connectivity index (χ0) is 24.2. The Kier molecular flexibility index (Phi) is 6.90. The number of thioether (sulfide) groups is 1. The van der Waals surface area contributed by atoms with E-state index >= 15 is 0 Å². The molecule has 34 heavy (non-hydrogen) atoms. The van der Waals surface area contributed by atoms with Crippen molar-refractivity contribution in [2.75, 3.05) is 12.0 Å². The van der Waals surface area contributed by atoms with Crippen LogP contribution in [0.5, 0.6) is 11.5 Å². The maximum Gasteiger partial charge on any atom is 0.270 e. The second-order valence-electron chi connectivity index (χ2n) is 7.12. The number of benzene rings is 3. The van der Waals surface area contributed by atoms with Crippen LogP contribution in [0.4, 0.5) is 15.8 Å². The molecule has 172 valence electrons. The van der Waals surface area contributed by atoms with Gasteiger partial charge in [-0.15, -0.1) is 0 Å². The van der Waals surface area contributed by atoms with Crippen LogP contribution in [0.15, 0.2) is 71.6 Å². The highest BCUT2D eigenvalue weighted by atomic mass is 32.2. The van der Waals surface area contributed by atoms with Crippen LogP contribution in [-0.4, -0.2) is 22.3 Å². The SMILES string of the molecule is COc1cc(/C=C2/SC(=S)N(c3ccc([N+](=O)[O-])cc3)C2=O)ccc1OCc1ccc(F)cc1. The van der Waals surface area contributed by atoms with Crippen molar-refractivity contribution >= 4 is 51.7 Å². The summed E-state index contributed by atoms with van der Waals surface area (Å²) < 4.78 is 24.6. The van der Waals surface area contributed by atoms with E-state index in [1.165, 1.54) is 48.4 Å². The lowest BCUT2D eigenvalue weighted by molar-refractivity contribution is -0.384. The third-order valence-corrected chi connectivity index (χ3v) is 6.21. The summed E-state index contributed by atoms with van der Waals surface area (Å²) in [6.07, 6.45) is 1.69. The number of nitro benzene ring substituents is 1. The van der Waals surface area contributed by atoms with Crippen molar-refractivity contribution in [3.05, 3.63) is 98.7 Å². The number of nitro groups is 1. The van der Waals surface area contributed by atoms with Crippen molar-refractivity contribution in [3.8, 4) is 11.5 Å². The zero-order valence-electron chi connectivity index (χ0n) is 17.8. The number of non-ortho nitro benzene ring substituents is 1. The lowest BCUT2D eigenvalue weighted by Crippen LogP contribution is -2.27. The van der Waals surface area contributed by atoms with E-state index in [0.29, 0.717) is 32.0 Å². The van der Waals surface area contributed by atoms with E-state index in [-0.39, 0.29) is 24.0 Å². The second kappa shape index (κ2) is 10.0. The Balaban J connectivity index is 1.51. The first-order valence-electron chi connectivity index (χ1n) is 9.93. The number of hydrogen-bond acceptors (Lipinski definition) is 7.